The second-order valence-corrected chi connectivity index (χ2v) is 6.94. The molecular formula is C16H31N3O2. The van der Waals surface area contributed by atoms with Crippen molar-refractivity contribution in [2.24, 2.45) is 23.0 Å². The van der Waals surface area contributed by atoms with Gasteiger partial charge in [-0.3, -0.25) is 9.59 Å². The molecule has 0 radical (unpaired) electrons. The summed E-state index contributed by atoms with van der Waals surface area (Å²) >= 11 is 0. The smallest absolute Gasteiger partial charge is 0.242 e. The molecule has 0 aliphatic heterocycles. The van der Waals surface area contributed by atoms with Crippen LogP contribution in [0.15, 0.2) is 0 Å². The Morgan fingerprint density at radius 2 is 1.86 bits per heavy atom. The fourth-order valence-electron chi connectivity index (χ4n) is 3.03. The van der Waals surface area contributed by atoms with Crippen molar-refractivity contribution in [3.05, 3.63) is 0 Å². The number of amides is 2. The summed E-state index contributed by atoms with van der Waals surface area (Å²) in [7, 11) is 1.60. The topological polar surface area (TPSA) is 84.2 Å². The van der Waals surface area contributed by atoms with Crippen molar-refractivity contribution in [1.82, 2.24) is 10.6 Å². The Bertz CT molecular complexity index is 361. The number of nitrogens with two attached hydrogens (primary N) is 1. The average molecular weight is 297 g/mol. The van der Waals surface area contributed by atoms with Gasteiger partial charge in [-0.15, -0.1) is 0 Å². The predicted octanol–water partition coefficient (Wildman–Crippen LogP) is 1.42. The molecule has 0 heterocycles. The van der Waals surface area contributed by atoms with Crippen molar-refractivity contribution in [3.63, 3.8) is 0 Å². The zero-order valence-electron chi connectivity index (χ0n) is 13.9. The van der Waals surface area contributed by atoms with E-state index in [1.54, 1.807) is 7.05 Å². The summed E-state index contributed by atoms with van der Waals surface area (Å²) in [4.78, 5) is 24.7. The molecule has 4 N–H and O–H groups in total. The molecule has 0 aromatic carbocycles. The second kappa shape index (κ2) is 7.78. The van der Waals surface area contributed by atoms with Gasteiger partial charge in [0.15, 0.2) is 0 Å². The van der Waals surface area contributed by atoms with Crippen LogP contribution < -0.4 is 16.4 Å². The van der Waals surface area contributed by atoms with Crippen molar-refractivity contribution in [1.29, 1.82) is 0 Å². The van der Waals surface area contributed by atoms with Crippen LogP contribution in [0.5, 0.6) is 0 Å². The van der Waals surface area contributed by atoms with E-state index < -0.39 is 11.5 Å². The first-order valence-electron chi connectivity index (χ1n) is 8.07. The molecule has 21 heavy (non-hydrogen) atoms. The van der Waals surface area contributed by atoms with Gasteiger partial charge in [-0.25, -0.2) is 0 Å². The van der Waals surface area contributed by atoms with E-state index >= 15 is 0 Å². The van der Waals surface area contributed by atoms with Gasteiger partial charge in [0.1, 0.15) is 6.04 Å². The van der Waals surface area contributed by atoms with Crippen LogP contribution in [-0.4, -0.2) is 31.4 Å². The molecule has 2 amide bonds. The molecule has 5 heteroatoms. The van der Waals surface area contributed by atoms with Gasteiger partial charge < -0.3 is 16.4 Å². The van der Waals surface area contributed by atoms with Gasteiger partial charge >= 0.3 is 0 Å². The lowest BCUT2D eigenvalue weighted by atomic mass is 9.70. The lowest BCUT2D eigenvalue weighted by Gasteiger charge is -2.38. The standard InChI is InChI=1S/C16H31N3O2/c1-11(2)9-13(14(20)18-4)19-15(21)16(10-17)7-5-12(3)6-8-16/h11-13H,5-10,17H2,1-4H3,(H,18,20)(H,19,21). The molecule has 0 aromatic heterocycles. The van der Waals surface area contributed by atoms with Crippen LogP contribution in [0.3, 0.4) is 0 Å². The zero-order valence-corrected chi connectivity index (χ0v) is 13.9. The maximum atomic E-state index is 12.7. The minimum atomic E-state index is -0.490. The van der Waals surface area contributed by atoms with E-state index in [9.17, 15) is 9.59 Å². The Balaban J connectivity index is 2.76. The quantitative estimate of drug-likeness (QED) is 0.693. The predicted molar refractivity (Wildman–Crippen MR) is 84.6 cm³/mol. The van der Waals surface area contributed by atoms with Crippen LogP contribution in [0.2, 0.25) is 0 Å². The number of hydrogen-bond donors (Lipinski definition) is 3. The normalized spacial score (nSPS) is 27.2. The highest BCUT2D eigenvalue weighted by molar-refractivity contribution is 5.90. The molecule has 1 atom stereocenters. The van der Waals surface area contributed by atoms with Crippen LogP contribution in [0.25, 0.3) is 0 Å². The van der Waals surface area contributed by atoms with Crippen LogP contribution in [0, 0.1) is 17.3 Å². The van der Waals surface area contributed by atoms with Crippen molar-refractivity contribution >= 4 is 11.8 Å². The Hall–Kier alpha value is -1.10. The number of carbonyl (C=O) groups excluding carboxylic acids is 2. The molecule has 0 saturated heterocycles. The largest absolute Gasteiger partial charge is 0.357 e. The van der Waals surface area contributed by atoms with E-state index in [1.165, 1.54) is 0 Å². The van der Waals surface area contributed by atoms with Gasteiger partial charge in [-0.2, -0.15) is 0 Å². The highest BCUT2D eigenvalue weighted by Crippen LogP contribution is 2.38. The van der Waals surface area contributed by atoms with Gasteiger partial charge in [-0.1, -0.05) is 20.8 Å². The molecule has 1 aliphatic rings. The SMILES string of the molecule is CNC(=O)C(CC(C)C)NC(=O)C1(CN)CCC(C)CC1. The van der Waals surface area contributed by atoms with Crippen molar-refractivity contribution < 1.29 is 9.59 Å². The van der Waals surface area contributed by atoms with E-state index in [2.05, 4.69) is 17.6 Å². The summed E-state index contributed by atoms with van der Waals surface area (Å²) in [5, 5.41) is 5.58. The first-order valence-corrected chi connectivity index (χ1v) is 8.07. The first kappa shape index (κ1) is 18.0. The van der Waals surface area contributed by atoms with E-state index in [4.69, 9.17) is 5.73 Å². The van der Waals surface area contributed by atoms with Gasteiger partial charge in [-0.05, 0) is 43.9 Å². The summed E-state index contributed by atoms with van der Waals surface area (Å²) in [6, 6.07) is -0.467. The third kappa shape index (κ3) is 4.70. The molecule has 0 aromatic rings. The van der Waals surface area contributed by atoms with E-state index in [0.29, 0.717) is 24.8 Å². The van der Waals surface area contributed by atoms with E-state index in [-0.39, 0.29) is 11.8 Å². The van der Waals surface area contributed by atoms with Gasteiger partial charge in [0.05, 0.1) is 5.41 Å². The lowest BCUT2D eigenvalue weighted by molar-refractivity contribution is -0.137. The van der Waals surface area contributed by atoms with Crippen LogP contribution >= 0.6 is 0 Å². The molecule has 1 fully saturated rings. The Morgan fingerprint density at radius 3 is 2.29 bits per heavy atom. The van der Waals surface area contributed by atoms with Gasteiger partial charge in [0.25, 0.3) is 0 Å². The molecule has 1 aliphatic carbocycles. The molecular weight excluding hydrogens is 266 g/mol. The average Bonchev–Trinajstić information content (AvgIpc) is 2.46. The molecule has 122 valence electrons. The van der Waals surface area contributed by atoms with E-state index in [0.717, 1.165) is 25.7 Å². The van der Waals surface area contributed by atoms with Crippen molar-refractivity contribution in [2.75, 3.05) is 13.6 Å². The van der Waals surface area contributed by atoms with Crippen LogP contribution in [0.4, 0.5) is 0 Å². The van der Waals surface area contributed by atoms with Crippen LogP contribution in [-0.2, 0) is 9.59 Å². The summed E-state index contributed by atoms with van der Waals surface area (Å²) < 4.78 is 0. The molecule has 1 rings (SSSR count). The maximum absolute atomic E-state index is 12.7. The van der Waals surface area contributed by atoms with Gasteiger partial charge in [0.2, 0.25) is 11.8 Å². The fraction of sp³-hybridized carbons (Fsp3) is 0.875. The molecule has 0 spiro atoms. The summed E-state index contributed by atoms with van der Waals surface area (Å²) in [6.45, 7) is 6.66. The van der Waals surface area contributed by atoms with Gasteiger partial charge in [0, 0.05) is 13.6 Å². The van der Waals surface area contributed by atoms with Crippen LogP contribution in [0.1, 0.15) is 52.9 Å². The summed E-state index contributed by atoms with van der Waals surface area (Å²) in [5.74, 6) is 0.815. The Labute approximate surface area is 128 Å². The number of carbonyl (C=O) groups is 2. The lowest BCUT2D eigenvalue weighted by Crippen LogP contribution is -2.54. The van der Waals surface area contributed by atoms with Crippen molar-refractivity contribution in [3.8, 4) is 0 Å². The summed E-state index contributed by atoms with van der Waals surface area (Å²) in [6.07, 6.45) is 4.33. The fourth-order valence-corrected chi connectivity index (χ4v) is 3.03. The van der Waals surface area contributed by atoms with Crippen molar-refractivity contribution in [2.45, 2.75) is 58.9 Å². The third-order valence-corrected chi connectivity index (χ3v) is 4.68. The zero-order chi connectivity index (χ0) is 16.0. The molecule has 1 saturated carbocycles. The number of rotatable bonds is 6. The molecule has 0 bridgehead atoms. The molecule has 5 nitrogen and oxygen atoms in total. The highest BCUT2D eigenvalue weighted by Gasteiger charge is 2.41. The maximum Gasteiger partial charge on any atom is 0.242 e. The third-order valence-electron chi connectivity index (χ3n) is 4.68. The number of likely N-dealkylation sites (N-methyl/N-ethyl adjacent to an activating group) is 1. The number of hydrogen-bond acceptors (Lipinski definition) is 3. The Kier molecular flexibility index (Phi) is 6.65. The first-order chi connectivity index (χ1) is 9.84. The highest BCUT2D eigenvalue weighted by atomic mass is 16.2. The Morgan fingerprint density at radius 1 is 1.29 bits per heavy atom. The monoisotopic (exact) mass is 297 g/mol. The second-order valence-electron chi connectivity index (χ2n) is 6.94. The summed E-state index contributed by atoms with van der Waals surface area (Å²) in [5.41, 5.74) is 5.42. The number of nitrogens with one attached hydrogen (secondary N) is 2. The minimum absolute atomic E-state index is 0.0499. The van der Waals surface area contributed by atoms with E-state index in [1.807, 2.05) is 13.8 Å². The minimum Gasteiger partial charge on any atom is -0.357 e. The molecule has 1 unspecified atom stereocenters.